The molecule has 1 heterocycles. The molecule has 138 valence electrons. The van der Waals surface area contributed by atoms with Crippen LogP contribution in [-0.4, -0.2) is 36.4 Å². The molecular formula is C20H26N4O2. The van der Waals surface area contributed by atoms with Gasteiger partial charge >= 0.3 is 0 Å². The SMILES string of the molecule is C=C(O)c1cncc(-c2ccc(C)c(NC=NC)c2)c1C.CCNC=O. The summed E-state index contributed by atoms with van der Waals surface area (Å²) in [5.41, 5.74) is 5.74. The van der Waals surface area contributed by atoms with Crippen LogP contribution in [0.1, 0.15) is 23.6 Å². The predicted octanol–water partition coefficient (Wildman–Crippen LogP) is 3.72. The van der Waals surface area contributed by atoms with Crippen molar-refractivity contribution in [3.05, 3.63) is 53.9 Å². The quantitative estimate of drug-likeness (QED) is 0.319. The Morgan fingerprint density at radius 1 is 1.35 bits per heavy atom. The van der Waals surface area contributed by atoms with Crippen molar-refractivity contribution in [2.45, 2.75) is 20.8 Å². The third-order valence-corrected chi connectivity index (χ3v) is 3.71. The molecule has 2 aromatic rings. The van der Waals surface area contributed by atoms with E-state index < -0.39 is 0 Å². The van der Waals surface area contributed by atoms with Crippen molar-refractivity contribution in [2.24, 2.45) is 4.99 Å². The molecule has 0 radical (unpaired) electrons. The zero-order valence-corrected chi connectivity index (χ0v) is 15.7. The van der Waals surface area contributed by atoms with Crippen LogP contribution in [-0.2, 0) is 4.79 Å². The lowest BCUT2D eigenvalue weighted by Crippen LogP contribution is -2.07. The Morgan fingerprint density at radius 3 is 2.62 bits per heavy atom. The van der Waals surface area contributed by atoms with Gasteiger partial charge in [-0.1, -0.05) is 18.7 Å². The molecule has 0 spiro atoms. The maximum atomic E-state index is 9.63. The van der Waals surface area contributed by atoms with Gasteiger partial charge in [0.05, 0.1) is 6.34 Å². The molecule has 3 N–H and O–H groups in total. The molecule has 1 aromatic carbocycles. The first-order valence-electron chi connectivity index (χ1n) is 8.24. The maximum absolute atomic E-state index is 9.63. The molecular weight excluding hydrogens is 328 g/mol. The van der Waals surface area contributed by atoms with Crippen molar-refractivity contribution in [2.75, 3.05) is 18.9 Å². The molecule has 0 atom stereocenters. The van der Waals surface area contributed by atoms with Crippen molar-refractivity contribution >= 4 is 24.2 Å². The Hall–Kier alpha value is -3.15. The number of aliphatic hydroxyl groups is 1. The van der Waals surface area contributed by atoms with Gasteiger partial charge in [-0.25, -0.2) is 0 Å². The maximum Gasteiger partial charge on any atom is 0.207 e. The van der Waals surface area contributed by atoms with Gasteiger partial charge in [0.2, 0.25) is 6.41 Å². The molecule has 0 saturated heterocycles. The van der Waals surface area contributed by atoms with Crippen LogP contribution in [0.4, 0.5) is 5.69 Å². The van der Waals surface area contributed by atoms with Gasteiger partial charge in [0.1, 0.15) is 5.76 Å². The van der Waals surface area contributed by atoms with Crippen LogP contribution in [0.25, 0.3) is 16.9 Å². The van der Waals surface area contributed by atoms with E-state index in [-0.39, 0.29) is 5.76 Å². The van der Waals surface area contributed by atoms with E-state index in [1.54, 1.807) is 25.8 Å². The predicted molar refractivity (Wildman–Crippen MR) is 109 cm³/mol. The second kappa shape index (κ2) is 10.7. The summed E-state index contributed by atoms with van der Waals surface area (Å²) in [6.07, 6.45) is 5.76. The smallest absolute Gasteiger partial charge is 0.207 e. The lowest BCUT2D eigenvalue weighted by atomic mass is 9.97. The van der Waals surface area contributed by atoms with Crippen molar-refractivity contribution in [1.29, 1.82) is 0 Å². The Labute approximate surface area is 154 Å². The van der Waals surface area contributed by atoms with Crippen LogP contribution < -0.4 is 10.6 Å². The fourth-order valence-corrected chi connectivity index (χ4v) is 2.27. The summed E-state index contributed by atoms with van der Waals surface area (Å²) < 4.78 is 0. The van der Waals surface area contributed by atoms with Crippen molar-refractivity contribution in [3.8, 4) is 11.1 Å². The number of pyridine rings is 1. The van der Waals surface area contributed by atoms with E-state index in [0.717, 1.165) is 34.5 Å². The average Bonchev–Trinajstić information content (AvgIpc) is 2.62. The van der Waals surface area contributed by atoms with Crippen LogP contribution >= 0.6 is 0 Å². The average molecular weight is 354 g/mol. The third-order valence-electron chi connectivity index (χ3n) is 3.71. The van der Waals surface area contributed by atoms with Gasteiger partial charge in [-0.15, -0.1) is 0 Å². The lowest BCUT2D eigenvalue weighted by molar-refractivity contribution is -0.109. The Kier molecular flexibility index (Phi) is 8.57. The number of anilines is 1. The third kappa shape index (κ3) is 5.73. The number of aryl methyl sites for hydroxylation is 1. The topological polar surface area (TPSA) is 86.6 Å². The number of carbonyl (C=O) groups excluding carboxylic acids is 1. The highest BCUT2D eigenvalue weighted by atomic mass is 16.3. The summed E-state index contributed by atoms with van der Waals surface area (Å²) in [6.45, 7) is 10.2. The largest absolute Gasteiger partial charge is 0.508 e. The number of benzene rings is 1. The van der Waals surface area contributed by atoms with Crippen LogP contribution in [0.2, 0.25) is 0 Å². The van der Waals surface area contributed by atoms with E-state index in [2.05, 4.69) is 27.2 Å². The van der Waals surface area contributed by atoms with Gasteiger partial charge in [0.15, 0.2) is 0 Å². The number of carbonyl (C=O) groups is 1. The van der Waals surface area contributed by atoms with Crippen LogP contribution in [0.5, 0.6) is 0 Å². The van der Waals surface area contributed by atoms with Gasteiger partial charge in [-0.3, -0.25) is 14.8 Å². The van der Waals surface area contributed by atoms with Gasteiger partial charge in [-0.05, 0) is 43.5 Å². The number of aliphatic hydroxyl groups excluding tert-OH is 1. The van der Waals surface area contributed by atoms with Crippen LogP contribution in [0, 0.1) is 13.8 Å². The second-order valence-corrected chi connectivity index (χ2v) is 5.54. The number of hydrogen-bond donors (Lipinski definition) is 3. The number of nitrogens with zero attached hydrogens (tertiary/aromatic N) is 2. The summed E-state index contributed by atoms with van der Waals surface area (Å²) in [5.74, 6) is 0.0328. The summed E-state index contributed by atoms with van der Waals surface area (Å²) in [4.78, 5) is 17.4. The fourth-order valence-electron chi connectivity index (χ4n) is 2.27. The highest BCUT2D eigenvalue weighted by Gasteiger charge is 2.10. The Balaban J connectivity index is 0.000000597. The van der Waals surface area contributed by atoms with Crippen molar-refractivity contribution in [1.82, 2.24) is 10.3 Å². The Morgan fingerprint density at radius 2 is 2.08 bits per heavy atom. The van der Waals surface area contributed by atoms with Crippen LogP contribution in [0.3, 0.4) is 0 Å². The molecule has 0 unspecified atom stereocenters. The summed E-state index contributed by atoms with van der Waals surface area (Å²) in [5, 5.41) is 15.2. The normalized spacial score (nSPS) is 10.0. The zero-order chi connectivity index (χ0) is 19.5. The van der Waals surface area contributed by atoms with E-state index in [1.165, 1.54) is 0 Å². The van der Waals surface area contributed by atoms with Crippen molar-refractivity contribution in [3.63, 3.8) is 0 Å². The molecule has 0 bridgehead atoms. The molecule has 2 rings (SSSR count). The minimum atomic E-state index is 0.0328. The van der Waals surface area contributed by atoms with E-state index in [1.807, 2.05) is 39.0 Å². The first-order chi connectivity index (χ1) is 12.5. The highest BCUT2D eigenvalue weighted by Crippen LogP contribution is 2.30. The molecule has 0 aliphatic rings. The molecule has 0 fully saturated rings. The van der Waals surface area contributed by atoms with Crippen LogP contribution in [0.15, 0.2) is 42.2 Å². The fraction of sp³-hybridized carbons (Fsp3) is 0.250. The van der Waals surface area contributed by atoms with E-state index in [4.69, 9.17) is 0 Å². The summed E-state index contributed by atoms with van der Waals surface area (Å²) in [6, 6.07) is 6.13. The zero-order valence-electron chi connectivity index (χ0n) is 15.7. The minimum absolute atomic E-state index is 0.0328. The summed E-state index contributed by atoms with van der Waals surface area (Å²) in [7, 11) is 1.72. The Bertz CT molecular complexity index is 785. The second-order valence-electron chi connectivity index (χ2n) is 5.54. The minimum Gasteiger partial charge on any atom is -0.508 e. The number of hydrogen-bond acceptors (Lipinski definition) is 4. The number of rotatable bonds is 6. The van der Waals surface area contributed by atoms with E-state index in [9.17, 15) is 9.90 Å². The van der Waals surface area contributed by atoms with E-state index >= 15 is 0 Å². The first-order valence-corrected chi connectivity index (χ1v) is 8.24. The monoisotopic (exact) mass is 354 g/mol. The van der Waals surface area contributed by atoms with Gasteiger partial charge < -0.3 is 15.7 Å². The van der Waals surface area contributed by atoms with Gasteiger partial charge in [0, 0.05) is 42.8 Å². The number of aromatic nitrogens is 1. The van der Waals surface area contributed by atoms with Gasteiger partial charge in [-0.2, -0.15) is 0 Å². The molecule has 26 heavy (non-hydrogen) atoms. The number of amides is 1. The molecule has 0 saturated carbocycles. The molecule has 1 aromatic heterocycles. The molecule has 6 nitrogen and oxygen atoms in total. The standard InChI is InChI=1S/C17H19N3O.C3H7NO/c1-11-5-6-14(7-17(11)20-10-18-4)16-9-19-8-15(12(16)2)13(3)21;1-2-4-3-5/h5-10,21H,3H2,1-2,4H3,(H,18,20);3H,2H2,1H3,(H,4,5). The first kappa shape index (κ1) is 20.9. The lowest BCUT2D eigenvalue weighted by Gasteiger charge is -2.12. The summed E-state index contributed by atoms with van der Waals surface area (Å²) >= 11 is 0. The molecule has 0 aliphatic carbocycles. The highest BCUT2D eigenvalue weighted by molar-refractivity contribution is 5.81. The molecule has 0 aliphatic heterocycles. The molecule has 6 heteroatoms. The van der Waals surface area contributed by atoms with Gasteiger partial charge in [0.25, 0.3) is 0 Å². The number of aliphatic imine (C=N–C) groups is 1. The molecule has 1 amide bonds. The number of nitrogens with one attached hydrogen (secondary N) is 2. The van der Waals surface area contributed by atoms with Crippen molar-refractivity contribution < 1.29 is 9.90 Å². The van der Waals surface area contributed by atoms with E-state index in [0.29, 0.717) is 12.0 Å².